The van der Waals surface area contributed by atoms with Crippen LogP contribution in [0.4, 0.5) is 5.82 Å². The number of hydrogen-bond donors (Lipinski definition) is 3. The lowest BCUT2D eigenvalue weighted by atomic mass is 9.94. The Morgan fingerprint density at radius 1 is 1.44 bits per heavy atom. The molecular formula is C9H14N4O2S. The van der Waals surface area contributed by atoms with E-state index in [1.165, 1.54) is 12.3 Å². The predicted octanol–water partition coefficient (Wildman–Crippen LogP) is 0.198. The van der Waals surface area contributed by atoms with E-state index in [1.807, 2.05) is 0 Å². The molecule has 1 saturated carbocycles. The van der Waals surface area contributed by atoms with Crippen molar-refractivity contribution in [2.75, 3.05) is 5.43 Å². The van der Waals surface area contributed by atoms with Crippen molar-refractivity contribution in [1.82, 2.24) is 9.71 Å². The molecule has 1 heterocycles. The first kappa shape index (κ1) is 11.3. The molecule has 1 aliphatic rings. The summed E-state index contributed by atoms with van der Waals surface area (Å²) in [5, 5.41) is 0. The average Bonchev–Trinajstić information content (AvgIpc) is 2.24. The maximum atomic E-state index is 12.0. The second-order valence-electron chi connectivity index (χ2n) is 3.74. The van der Waals surface area contributed by atoms with Crippen LogP contribution in [0.3, 0.4) is 0 Å². The normalized spacial score (nSPS) is 16.8. The van der Waals surface area contributed by atoms with Crippen LogP contribution in [0.2, 0.25) is 0 Å². The second kappa shape index (κ2) is 4.36. The average molecular weight is 242 g/mol. The Labute approximate surface area is 94.3 Å². The second-order valence-corrected chi connectivity index (χ2v) is 5.43. The van der Waals surface area contributed by atoms with Crippen LogP contribution in [0, 0.1) is 0 Å². The van der Waals surface area contributed by atoms with Crippen molar-refractivity contribution in [3.8, 4) is 0 Å². The largest absolute Gasteiger partial charge is 0.307 e. The zero-order chi connectivity index (χ0) is 11.6. The first-order valence-corrected chi connectivity index (χ1v) is 6.56. The molecule has 2 rings (SSSR count). The van der Waals surface area contributed by atoms with Gasteiger partial charge in [0.15, 0.2) is 5.82 Å². The van der Waals surface area contributed by atoms with Crippen LogP contribution in [0.15, 0.2) is 23.2 Å². The number of aromatic nitrogens is 1. The summed E-state index contributed by atoms with van der Waals surface area (Å²) in [6.07, 6.45) is 4.34. The molecule has 0 unspecified atom stereocenters. The summed E-state index contributed by atoms with van der Waals surface area (Å²) in [5.41, 5.74) is 2.28. The topological polar surface area (TPSA) is 97.1 Å². The molecule has 0 saturated heterocycles. The van der Waals surface area contributed by atoms with Crippen molar-refractivity contribution in [2.24, 2.45) is 5.84 Å². The van der Waals surface area contributed by atoms with E-state index in [0.29, 0.717) is 0 Å². The molecule has 6 nitrogen and oxygen atoms in total. The van der Waals surface area contributed by atoms with Gasteiger partial charge < -0.3 is 5.43 Å². The number of nitrogens with one attached hydrogen (secondary N) is 2. The van der Waals surface area contributed by atoms with Gasteiger partial charge in [0.2, 0.25) is 10.0 Å². The van der Waals surface area contributed by atoms with Crippen molar-refractivity contribution in [3.05, 3.63) is 18.3 Å². The monoisotopic (exact) mass is 242 g/mol. The standard InChI is InChI=1S/C9H14N4O2S/c10-12-9-8(5-2-6-11-9)16(14,15)13-7-3-1-4-7/h2,5-7,13H,1,3-4,10H2,(H,11,12). The molecule has 0 spiro atoms. The van der Waals surface area contributed by atoms with Gasteiger partial charge in [-0.25, -0.2) is 24.0 Å². The minimum Gasteiger partial charge on any atom is -0.307 e. The molecule has 0 atom stereocenters. The maximum Gasteiger partial charge on any atom is 0.244 e. The first-order valence-electron chi connectivity index (χ1n) is 5.07. The fourth-order valence-corrected chi connectivity index (χ4v) is 2.95. The van der Waals surface area contributed by atoms with Crippen LogP contribution in [0.1, 0.15) is 19.3 Å². The van der Waals surface area contributed by atoms with Gasteiger partial charge in [-0.05, 0) is 25.0 Å². The lowest BCUT2D eigenvalue weighted by Crippen LogP contribution is -2.39. The molecule has 0 aromatic carbocycles. The highest BCUT2D eigenvalue weighted by Crippen LogP contribution is 2.23. The summed E-state index contributed by atoms with van der Waals surface area (Å²) in [6.45, 7) is 0. The minimum absolute atomic E-state index is 0.0517. The Bertz CT molecular complexity index is 470. The molecular weight excluding hydrogens is 228 g/mol. The van der Waals surface area contributed by atoms with E-state index in [9.17, 15) is 8.42 Å². The highest BCUT2D eigenvalue weighted by Gasteiger charge is 2.26. The number of nitrogens with two attached hydrogens (primary N) is 1. The lowest BCUT2D eigenvalue weighted by molar-refractivity contribution is 0.383. The van der Waals surface area contributed by atoms with Gasteiger partial charge in [-0.2, -0.15) is 0 Å². The van der Waals surface area contributed by atoms with Gasteiger partial charge in [-0.1, -0.05) is 6.42 Å². The number of hydrazine groups is 1. The summed E-state index contributed by atoms with van der Waals surface area (Å²) in [6, 6.07) is 3.09. The Hall–Kier alpha value is -1.18. The Morgan fingerprint density at radius 3 is 2.75 bits per heavy atom. The molecule has 0 amide bonds. The number of pyridine rings is 1. The van der Waals surface area contributed by atoms with Crippen LogP contribution < -0.4 is 16.0 Å². The number of anilines is 1. The molecule has 1 aromatic rings. The van der Waals surface area contributed by atoms with E-state index >= 15 is 0 Å². The summed E-state index contributed by atoms with van der Waals surface area (Å²) in [5.74, 6) is 5.38. The van der Waals surface area contributed by atoms with Crippen LogP contribution >= 0.6 is 0 Å². The Balaban J connectivity index is 2.27. The van der Waals surface area contributed by atoms with Crippen molar-refractivity contribution in [2.45, 2.75) is 30.2 Å². The minimum atomic E-state index is -3.52. The summed E-state index contributed by atoms with van der Waals surface area (Å²) in [4.78, 5) is 3.95. The summed E-state index contributed by atoms with van der Waals surface area (Å²) < 4.78 is 26.6. The molecule has 0 bridgehead atoms. The van der Waals surface area contributed by atoms with Gasteiger partial charge in [-0.15, -0.1) is 0 Å². The molecule has 0 radical (unpaired) electrons. The predicted molar refractivity (Wildman–Crippen MR) is 60.0 cm³/mol. The molecule has 1 aliphatic carbocycles. The first-order chi connectivity index (χ1) is 7.63. The third-order valence-electron chi connectivity index (χ3n) is 2.62. The molecule has 7 heteroatoms. The number of hydrogen-bond acceptors (Lipinski definition) is 5. The van der Waals surface area contributed by atoms with E-state index in [-0.39, 0.29) is 16.8 Å². The van der Waals surface area contributed by atoms with Gasteiger partial charge in [0.1, 0.15) is 4.90 Å². The van der Waals surface area contributed by atoms with E-state index in [0.717, 1.165) is 19.3 Å². The van der Waals surface area contributed by atoms with Crippen LogP contribution in [-0.2, 0) is 10.0 Å². The van der Waals surface area contributed by atoms with Gasteiger partial charge in [0, 0.05) is 12.2 Å². The fraction of sp³-hybridized carbons (Fsp3) is 0.444. The Kier molecular flexibility index (Phi) is 3.08. The van der Waals surface area contributed by atoms with E-state index in [4.69, 9.17) is 5.84 Å². The SMILES string of the molecule is NNc1ncccc1S(=O)(=O)NC1CCC1. The summed E-state index contributed by atoms with van der Waals surface area (Å²) >= 11 is 0. The molecule has 1 fully saturated rings. The lowest BCUT2D eigenvalue weighted by Gasteiger charge is -2.26. The number of nitrogen functional groups attached to an aromatic ring is 1. The van der Waals surface area contributed by atoms with Crippen molar-refractivity contribution in [3.63, 3.8) is 0 Å². The molecule has 4 N–H and O–H groups in total. The molecule has 1 aromatic heterocycles. The zero-order valence-electron chi connectivity index (χ0n) is 8.68. The van der Waals surface area contributed by atoms with Crippen molar-refractivity contribution in [1.29, 1.82) is 0 Å². The third kappa shape index (κ3) is 2.16. The van der Waals surface area contributed by atoms with E-state index in [2.05, 4.69) is 15.1 Å². The van der Waals surface area contributed by atoms with Gasteiger partial charge in [0.05, 0.1) is 0 Å². The molecule has 0 aliphatic heterocycles. The van der Waals surface area contributed by atoms with Crippen molar-refractivity contribution < 1.29 is 8.42 Å². The van der Waals surface area contributed by atoms with Crippen LogP contribution in [0.25, 0.3) is 0 Å². The van der Waals surface area contributed by atoms with Gasteiger partial charge in [0.25, 0.3) is 0 Å². The summed E-state index contributed by atoms with van der Waals surface area (Å²) in [7, 11) is -3.52. The van der Waals surface area contributed by atoms with E-state index in [1.54, 1.807) is 6.07 Å². The number of nitrogens with zero attached hydrogens (tertiary/aromatic N) is 1. The van der Waals surface area contributed by atoms with Gasteiger partial charge >= 0.3 is 0 Å². The highest BCUT2D eigenvalue weighted by atomic mass is 32.2. The molecule has 16 heavy (non-hydrogen) atoms. The third-order valence-corrected chi connectivity index (χ3v) is 4.18. The van der Waals surface area contributed by atoms with Gasteiger partial charge in [-0.3, -0.25) is 0 Å². The fourth-order valence-electron chi connectivity index (χ4n) is 1.52. The van der Waals surface area contributed by atoms with Crippen molar-refractivity contribution >= 4 is 15.8 Å². The maximum absolute atomic E-state index is 12.0. The smallest absolute Gasteiger partial charge is 0.244 e. The van der Waals surface area contributed by atoms with E-state index < -0.39 is 10.0 Å². The zero-order valence-corrected chi connectivity index (χ0v) is 9.50. The highest BCUT2D eigenvalue weighted by molar-refractivity contribution is 7.89. The van der Waals surface area contributed by atoms with Crippen LogP contribution in [-0.4, -0.2) is 19.4 Å². The van der Waals surface area contributed by atoms with Crippen LogP contribution in [0.5, 0.6) is 0 Å². The Morgan fingerprint density at radius 2 is 2.19 bits per heavy atom. The molecule has 88 valence electrons. The quantitative estimate of drug-likeness (QED) is 0.517. The number of rotatable bonds is 4. The number of sulfonamides is 1.